The van der Waals surface area contributed by atoms with E-state index in [-0.39, 0.29) is 82.4 Å². The number of amides is 6. The van der Waals surface area contributed by atoms with E-state index in [1.165, 1.54) is 9.80 Å². The van der Waals surface area contributed by atoms with Crippen LogP contribution >= 0.6 is 0 Å². The monoisotopic (exact) mass is 729 g/mol. The van der Waals surface area contributed by atoms with E-state index in [9.17, 15) is 28.8 Å². The van der Waals surface area contributed by atoms with Crippen molar-refractivity contribution >= 4 is 36.0 Å². The van der Waals surface area contributed by atoms with Gasteiger partial charge in [0.05, 0.1) is 11.1 Å². The minimum absolute atomic E-state index is 0.00144. The van der Waals surface area contributed by atoms with Gasteiger partial charge in [-0.2, -0.15) is 0 Å². The lowest BCUT2D eigenvalue weighted by Crippen LogP contribution is -2.49. The number of fused-ring (bicyclic) bond motifs is 1. The van der Waals surface area contributed by atoms with Crippen LogP contribution in [-0.4, -0.2) is 125 Å². The Hall–Kier alpha value is -4.36. The van der Waals surface area contributed by atoms with Gasteiger partial charge in [0, 0.05) is 58.8 Å². The highest BCUT2D eigenvalue weighted by atomic mass is 16.6. The number of hydrogen-bond acceptors (Lipinski definition) is 9. The Kier molecular flexibility index (Phi) is 14.5. The van der Waals surface area contributed by atoms with Crippen LogP contribution in [-0.2, 0) is 19.0 Å². The van der Waals surface area contributed by atoms with Crippen LogP contribution in [0.25, 0.3) is 0 Å². The normalized spacial score (nSPS) is 18.4. The Morgan fingerprint density at radius 3 is 1.62 bits per heavy atom. The van der Waals surface area contributed by atoms with Crippen molar-refractivity contribution in [1.82, 2.24) is 24.9 Å². The average molecular weight is 730 g/mol. The summed E-state index contributed by atoms with van der Waals surface area (Å²) in [5.41, 5.74) is -1.48. The highest BCUT2D eigenvalue weighted by molar-refractivity contribution is 6.21. The zero-order valence-corrected chi connectivity index (χ0v) is 32.5. The summed E-state index contributed by atoms with van der Waals surface area (Å²) in [7, 11) is 0. The van der Waals surface area contributed by atoms with E-state index in [0.717, 1.165) is 0 Å². The molecule has 6 amide bonds. The first kappa shape index (κ1) is 42.1. The van der Waals surface area contributed by atoms with E-state index in [1.54, 1.807) is 96.4 Å². The van der Waals surface area contributed by atoms with Gasteiger partial charge in [-0.15, -0.1) is 0 Å². The number of benzene rings is 1. The lowest BCUT2D eigenvalue weighted by Gasteiger charge is -2.35. The van der Waals surface area contributed by atoms with Crippen molar-refractivity contribution in [3.05, 3.63) is 35.4 Å². The van der Waals surface area contributed by atoms with Crippen molar-refractivity contribution in [2.75, 3.05) is 52.4 Å². The maximum atomic E-state index is 13.7. The number of nitrogens with zero attached hydrogens (tertiary/aromatic N) is 4. The molecular formula is C38H59N5O9. The second-order valence-corrected chi connectivity index (χ2v) is 16.4. The van der Waals surface area contributed by atoms with Gasteiger partial charge in [0.15, 0.2) is 0 Å². The lowest BCUT2D eigenvalue weighted by atomic mass is 9.99. The SMILES string of the molecule is CC(C)(C)OC(=O)N1CCC(=O)NCCN(C(=O)OC(C)(C)C)CC(CCCCCN2C(=O)c3ccccc3C2=O)CN(C(=O)OC(C)(C)C)CC1. The van der Waals surface area contributed by atoms with Crippen molar-refractivity contribution in [1.29, 1.82) is 0 Å². The van der Waals surface area contributed by atoms with E-state index >= 15 is 0 Å². The molecule has 1 fully saturated rings. The van der Waals surface area contributed by atoms with Crippen molar-refractivity contribution < 1.29 is 43.0 Å². The number of ether oxygens (including phenoxy) is 3. The minimum atomic E-state index is -0.790. The molecule has 2 aliphatic heterocycles. The number of imide groups is 1. The van der Waals surface area contributed by atoms with Crippen molar-refractivity contribution in [3.8, 4) is 0 Å². The van der Waals surface area contributed by atoms with Crippen molar-refractivity contribution in [2.24, 2.45) is 5.92 Å². The van der Waals surface area contributed by atoms with Crippen molar-refractivity contribution in [2.45, 2.75) is 111 Å². The van der Waals surface area contributed by atoms with Crippen LogP contribution in [0.5, 0.6) is 0 Å². The fourth-order valence-corrected chi connectivity index (χ4v) is 5.87. The third-order valence-electron chi connectivity index (χ3n) is 8.24. The van der Waals surface area contributed by atoms with Gasteiger partial charge >= 0.3 is 18.3 Å². The van der Waals surface area contributed by atoms with Gasteiger partial charge in [-0.25, -0.2) is 14.4 Å². The van der Waals surface area contributed by atoms with E-state index in [2.05, 4.69) is 5.32 Å². The molecule has 0 aromatic heterocycles. The highest BCUT2D eigenvalue weighted by Gasteiger charge is 2.35. The number of unbranched alkanes of at least 4 members (excludes halogenated alkanes) is 2. The fourth-order valence-electron chi connectivity index (χ4n) is 5.87. The number of carbonyl (C=O) groups is 6. The summed E-state index contributed by atoms with van der Waals surface area (Å²) in [6, 6.07) is 6.80. The fraction of sp³-hybridized carbons (Fsp3) is 0.684. The lowest BCUT2D eigenvalue weighted by molar-refractivity contribution is -0.121. The smallest absolute Gasteiger partial charge is 0.410 e. The van der Waals surface area contributed by atoms with Crippen LogP contribution in [0.15, 0.2) is 24.3 Å². The van der Waals surface area contributed by atoms with Crippen LogP contribution in [0, 0.1) is 5.92 Å². The molecular weight excluding hydrogens is 670 g/mol. The molecule has 1 aromatic rings. The van der Waals surface area contributed by atoms with Crippen LogP contribution in [0.1, 0.15) is 115 Å². The number of rotatable bonds is 6. The highest BCUT2D eigenvalue weighted by Crippen LogP contribution is 2.24. The maximum Gasteiger partial charge on any atom is 0.410 e. The van der Waals surface area contributed by atoms with Crippen LogP contribution < -0.4 is 5.32 Å². The number of nitrogens with one attached hydrogen (secondary N) is 1. The third kappa shape index (κ3) is 13.6. The molecule has 14 heteroatoms. The Morgan fingerprint density at radius 2 is 1.12 bits per heavy atom. The molecule has 0 bridgehead atoms. The molecule has 0 radical (unpaired) electrons. The largest absolute Gasteiger partial charge is 0.444 e. The maximum absolute atomic E-state index is 13.7. The van der Waals surface area contributed by atoms with Gasteiger partial charge in [-0.3, -0.25) is 19.3 Å². The van der Waals surface area contributed by atoms with Crippen molar-refractivity contribution in [3.63, 3.8) is 0 Å². The van der Waals surface area contributed by atoms with Crippen LogP contribution in [0.3, 0.4) is 0 Å². The zero-order valence-electron chi connectivity index (χ0n) is 32.5. The molecule has 52 heavy (non-hydrogen) atoms. The Morgan fingerprint density at radius 1 is 0.654 bits per heavy atom. The molecule has 0 saturated carbocycles. The average Bonchev–Trinajstić information content (AvgIpc) is 3.25. The minimum Gasteiger partial charge on any atom is -0.444 e. The molecule has 290 valence electrons. The van der Waals surface area contributed by atoms with Gasteiger partial charge in [0.1, 0.15) is 16.8 Å². The second kappa shape index (κ2) is 17.9. The predicted octanol–water partition coefficient (Wildman–Crippen LogP) is 5.69. The third-order valence-corrected chi connectivity index (χ3v) is 8.24. The molecule has 1 N–H and O–H groups in total. The van der Waals surface area contributed by atoms with Crippen LogP contribution in [0.4, 0.5) is 14.4 Å². The Bertz CT molecular complexity index is 1410. The summed E-state index contributed by atoms with van der Waals surface area (Å²) in [4.78, 5) is 84.7. The molecule has 1 aromatic carbocycles. The Balaban J connectivity index is 1.83. The number of hydrogen-bond donors (Lipinski definition) is 1. The van der Waals surface area contributed by atoms with E-state index < -0.39 is 35.1 Å². The van der Waals surface area contributed by atoms with E-state index in [4.69, 9.17) is 14.2 Å². The van der Waals surface area contributed by atoms with Gasteiger partial charge < -0.3 is 34.2 Å². The molecule has 0 spiro atoms. The first-order valence-corrected chi connectivity index (χ1v) is 18.3. The molecule has 2 aliphatic rings. The molecule has 3 rings (SSSR count). The van der Waals surface area contributed by atoms with Gasteiger partial charge in [0.2, 0.25) is 5.91 Å². The summed E-state index contributed by atoms with van der Waals surface area (Å²) in [5, 5.41) is 2.85. The second-order valence-electron chi connectivity index (χ2n) is 16.4. The number of carbonyl (C=O) groups excluding carboxylic acids is 6. The molecule has 0 aliphatic carbocycles. The van der Waals surface area contributed by atoms with E-state index in [0.29, 0.717) is 36.8 Å². The molecule has 2 heterocycles. The van der Waals surface area contributed by atoms with Gasteiger partial charge in [0.25, 0.3) is 11.8 Å². The first-order valence-electron chi connectivity index (χ1n) is 18.3. The van der Waals surface area contributed by atoms with Crippen LogP contribution in [0.2, 0.25) is 0 Å². The summed E-state index contributed by atoms with van der Waals surface area (Å²) in [6.07, 6.45) is 0.835. The predicted molar refractivity (Wildman–Crippen MR) is 195 cm³/mol. The first-order chi connectivity index (χ1) is 24.1. The summed E-state index contributed by atoms with van der Waals surface area (Å²) >= 11 is 0. The van der Waals surface area contributed by atoms with Gasteiger partial charge in [-0.05, 0) is 93.2 Å². The standard InChI is InChI=1S/C38H59N5O9/c1-36(2,3)50-33(47)40-21-18-30(44)39-19-22-41(34(48)51-37(4,5)6)25-27(26-42(24-23-40)35(49)52-38(7,8)9)15-11-10-14-20-43-31(45)28-16-12-13-17-29(28)32(43)46/h12-13,16-17,27H,10-11,14-15,18-26H2,1-9H3,(H,39,44). The summed E-state index contributed by atoms with van der Waals surface area (Å²) in [5.74, 6) is -1.14. The summed E-state index contributed by atoms with van der Waals surface area (Å²) in [6.45, 7) is 17.2. The molecule has 1 atom stereocenters. The Labute approximate surface area is 308 Å². The molecule has 1 unspecified atom stereocenters. The topological polar surface area (TPSA) is 155 Å². The quantitative estimate of drug-likeness (QED) is 0.221. The molecule has 14 nitrogen and oxygen atoms in total. The molecule has 1 saturated heterocycles. The summed E-state index contributed by atoms with van der Waals surface area (Å²) < 4.78 is 17.1. The van der Waals surface area contributed by atoms with Gasteiger partial charge in [-0.1, -0.05) is 25.0 Å². The van der Waals surface area contributed by atoms with E-state index in [1.807, 2.05) is 0 Å². The zero-order chi connectivity index (χ0) is 38.9.